The standard InChI is InChI=1S/C19H22FN/c1-14-9-10-16(20)13-17(14)18(21-2)19(11-6-12-19)15-7-4-3-5-8-15/h3-5,7-10,13,18,21H,6,11-12H2,1-2H3. The van der Waals surface area contributed by atoms with Crippen LogP contribution < -0.4 is 5.32 Å². The van der Waals surface area contributed by atoms with Gasteiger partial charge in [0, 0.05) is 11.5 Å². The summed E-state index contributed by atoms with van der Waals surface area (Å²) >= 11 is 0. The maximum absolute atomic E-state index is 13.7. The first-order valence-electron chi connectivity index (χ1n) is 7.66. The topological polar surface area (TPSA) is 12.0 Å². The molecule has 0 radical (unpaired) electrons. The second kappa shape index (κ2) is 5.61. The Bertz CT molecular complexity index is 617. The number of aryl methyl sites for hydroxylation is 1. The molecule has 21 heavy (non-hydrogen) atoms. The first-order chi connectivity index (χ1) is 10.2. The summed E-state index contributed by atoms with van der Waals surface area (Å²) in [7, 11) is 1.98. The van der Waals surface area contributed by atoms with Crippen LogP contribution in [0.4, 0.5) is 4.39 Å². The first kappa shape index (κ1) is 14.3. The zero-order valence-corrected chi connectivity index (χ0v) is 12.7. The second-order valence-electron chi connectivity index (χ2n) is 6.10. The highest BCUT2D eigenvalue weighted by Gasteiger charge is 2.45. The number of benzene rings is 2. The fourth-order valence-electron chi connectivity index (χ4n) is 3.72. The molecule has 0 amide bonds. The smallest absolute Gasteiger partial charge is 0.123 e. The minimum atomic E-state index is -0.154. The Hall–Kier alpha value is -1.67. The number of hydrogen-bond donors (Lipinski definition) is 1. The lowest BCUT2D eigenvalue weighted by Gasteiger charge is -2.49. The summed E-state index contributed by atoms with van der Waals surface area (Å²) in [5, 5.41) is 3.46. The molecule has 1 nitrogen and oxygen atoms in total. The fourth-order valence-corrected chi connectivity index (χ4v) is 3.72. The number of likely N-dealkylation sites (N-methyl/N-ethyl adjacent to an activating group) is 1. The Labute approximate surface area is 126 Å². The average molecular weight is 283 g/mol. The van der Waals surface area contributed by atoms with Gasteiger partial charge < -0.3 is 5.32 Å². The van der Waals surface area contributed by atoms with Gasteiger partial charge in [-0.3, -0.25) is 0 Å². The summed E-state index contributed by atoms with van der Waals surface area (Å²) in [5.41, 5.74) is 3.69. The Kier molecular flexibility index (Phi) is 3.81. The van der Waals surface area contributed by atoms with Crippen molar-refractivity contribution in [2.24, 2.45) is 0 Å². The summed E-state index contributed by atoms with van der Waals surface area (Å²) < 4.78 is 13.7. The van der Waals surface area contributed by atoms with Crippen molar-refractivity contribution in [1.29, 1.82) is 0 Å². The highest BCUT2D eigenvalue weighted by atomic mass is 19.1. The van der Waals surface area contributed by atoms with Gasteiger partial charge in [-0.25, -0.2) is 4.39 Å². The Morgan fingerprint density at radius 2 is 1.81 bits per heavy atom. The third kappa shape index (κ3) is 2.38. The van der Waals surface area contributed by atoms with E-state index in [1.165, 1.54) is 12.0 Å². The van der Waals surface area contributed by atoms with E-state index in [1.54, 1.807) is 12.1 Å². The van der Waals surface area contributed by atoms with E-state index in [2.05, 4.69) is 42.6 Å². The van der Waals surface area contributed by atoms with Crippen LogP contribution in [0.5, 0.6) is 0 Å². The third-order valence-electron chi connectivity index (χ3n) is 4.99. The van der Waals surface area contributed by atoms with Crippen LogP contribution >= 0.6 is 0 Å². The molecular weight excluding hydrogens is 261 g/mol. The molecule has 0 aliphatic heterocycles. The van der Waals surface area contributed by atoms with E-state index in [4.69, 9.17) is 0 Å². The predicted molar refractivity (Wildman–Crippen MR) is 84.9 cm³/mol. The molecule has 1 saturated carbocycles. The highest BCUT2D eigenvalue weighted by Crippen LogP contribution is 2.52. The summed E-state index contributed by atoms with van der Waals surface area (Å²) in [6, 6.07) is 15.9. The number of halogens is 1. The molecule has 1 atom stereocenters. The fraction of sp³-hybridized carbons (Fsp3) is 0.368. The lowest BCUT2D eigenvalue weighted by atomic mass is 9.58. The Morgan fingerprint density at radius 3 is 2.38 bits per heavy atom. The maximum Gasteiger partial charge on any atom is 0.123 e. The molecule has 110 valence electrons. The van der Waals surface area contributed by atoms with Gasteiger partial charge in [-0.05, 0) is 55.6 Å². The number of hydrogen-bond acceptors (Lipinski definition) is 1. The van der Waals surface area contributed by atoms with Crippen LogP contribution in [0.2, 0.25) is 0 Å². The summed E-state index contributed by atoms with van der Waals surface area (Å²) in [6.07, 6.45) is 3.54. The molecule has 3 rings (SSSR count). The van der Waals surface area contributed by atoms with Gasteiger partial charge in [0.15, 0.2) is 0 Å². The van der Waals surface area contributed by atoms with Crippen LogP contribution in [0.1, 0.15) is 42.0 Å². The Balaban J connectivity index is 2.08. The molecule has 1 N–H and O–H groups in total. The number of rotatable bonds is 4. The van der Waals surface area contributed by atoms with Gasteiger partial charge in [0.25, 0.3) is 0 Å². The van der Waals surface area contributed by atoms with Crippen LogP contribution in [0, 0.1) is 12.7 Å². The van der Waals surface area contributed by atoms with Crippen molar-refractivity contribution < 1.29 is 4.39 Å². The van der Waals surface area contributed by atoms with E-state index >= 15 is 0 Å². The molecule has 1 aliphatic carbocycles. The summed E-state index contributed by atoms with van der Waals surface area (Å²) in [6.45, 7) is 2.07. The second-order valence-corrected chi connectivity index (χ2v) is 6.10. The van der Waals surface area contributed by atoms with Crippen molar-refractivity contribution in [3.63, 3.8) is 0 Å². The van der Waals surface area contributed by atoms with Crippen molar-refractivity contribution in [1.82, 2.24) is 5.32 Å². The van der Waals surface area contributed by atoms with Crippen molar-refractivity contribution in [3.8, 4) is 0 Å². The molecule has 0 saturated heterocycles. The van der Waals surface area contributed by atoms with Crippen molar-refractivity contribution >= 4 is 0 Å². The molecule has 0 spiro atoms. The quantitative estimate of drug-likeness (QED) is 0.870. The van der Waals surface area contributed by atoms with E-state index in [9.17, 15) is 4.39 Å². The zero-order chi connectivity index (χ0) is 14.9. The van der Waals surface area contributed by atoms with Crippen LogP contribution in [-0.4, -0.2) is 7.05 Å². The molecule has 1 unspecified atom stereocenters. The highest BCUT2D eigenvalue weighted by molar-refractivity contribution is 5.39. The first-order valence-corrected chi connectivity index (χ1v) is 7.66. The van der Waals surface area contributed by atoms with Gasteiger partial charge in [-0.15, -0.1) is 0 Å². The normalized spacial score (nSPS) is 18.0. The lowest BCUT2D eigenvalue weighted by molar-refractivity contribution is 0.175. The van der Waals surface area contributed by atoms with Gasteiger partial charge in [-0.1, -0.05) is 42.8 Å². The minimum Gasteiger partial charge on any atom is -0.312 e. The van der Waals surface area contributed by atoms with E-state index in [0.29, 0.717) is 0 Å². The van der Waals surface area contributed by atoms with Crippen LogP contribution in [-0.2, 0) is 5.41 Å². The van der Waals surface area contributed by atoms with Crippen LogP contribution in [0.15, 0.2) is 48.5 Å². The molecule has 2 heteroatoms. The average Bonchev–Trinajstić information content (AvgIpc) is 2.46. The van der Waals surface area contributed by atoms with E-state index in [-0.39, 0.29) is 17.3 Å². The van der Waals surface area contributed by atoms with E-state index in [1.807, 2.05) is 13.1 Å². The monoisotopic (exact) mass is 283 g/mol. The van der Waals surface area contributed by atoms with Crippen LogP contribution in [0.25, 0.3) is 0 Å². The molecule has 1 fully saturated rings. The Morgan fingerprint density at radius 1 is 1.10 bits per heavy atom. The third-order valence-corrected chi connectivity index (χ3v) is 4.99. The SMILES string of the molecule is CNC(c1cc(F)ccc1C)C1(c2ccccc2)CCC1. The zero-order valence-electron chi connectivity index (χ0n) is 12.7. The molecule has 2 aromatic rings. The molecular formula is C19H22FN. The van der Waals surface area contributed by atoms with Crippen LogP contribution in [0.3, 0.4) is 0 Å². The molecule has 0 heterocycles. The summed E-state index contributed by atoms with van der Waals surface area (Å²) in [5.74, 6) is -0.154. The maximum atomic E-state index is 13.7. The van der Waals surface area contributed by atoms with E-state index in [0.717, 1.165) is 24.0 Å². The molecule has 2 aromatic carbocycles. The molecule has 1 aliphatic rings. The van der Waals surface area contributed by atoms with Gasteiger partial charge in [0.2, 0.25) is 0 Å². The summed E-state index contributed by atoms with van der Waals surface area (Å²) in [4.78, 5) is 0. The van der Waals surface area contributed by atoms with Crippen molar-refractivity contribution in [2.45, 2.75) is 37.6 Å². The van der Waals surface area contributed by atoms with Crippen molar-refractivity contribution in [2.75, 3.05) is 7.05 Å². The predicted octanol–water partition coefficient (Wildman–Crippen LogP) is 4.52. The number of nitrogens with one attached hydrogen (secondary N) is 1. The molecule has 0 aromatic heterocycles. The van der Waals surface area contributed by atoms with Gasteiger partial charge in [0.1, 0.15) is 5.82 Å². The largest absolute Gasteiger partial charge is 0.312 e. The molecule has 0 bridgehead atoms. The van der Waals surface area contributed by atoms with Gasteiger partial charge in [-0.2, -0.15) is 0 Å². The van der Waals surface area contributed by atoms with E-state index < -0.39 is 0 Å². The minimum absolute atomic E-state index is 0.0918. The van der Waals surface area contributed by atoms with Crippen molar-refractivity contribution in [3.05, 3.63) is 71.0 Å². The van der Waals surface area contributed by atoms with Gasteiger partial charge >= 0.3 is 0 Å². The van der Waals surface area contributed by atoms with Gasteiger partial charge in [0.05, 0.1) is 0 Å². The lowest BCUT2D eigenvalue weighted by Crippen LogP contribution is -2.46.